The molecule has 4 rings (SSSR count). The Bertz CT molecular complexity index is 1440. The van der Waals surface area contributed by atoms with Crippen LogP contribution in [0.3, 0.4) is 0 Å². The quantitative estimate of drug-likeness (QED) is 0.400. The summed E-state index contributed by atoms with van der Waals surface area (Å²) in [6, 6.07) is 17.7. The maximum Gasteiger partial charge on any atom is 0.293 e. The predicted molar refractivity (Wildman–Crippen MR) is 131 cm³/mol. The number of hydrogen-bond acceptors (Lipinski definition) is 6. The van der Waals surface area contributed by atoms with Crippen molar-refractivity contribution in [3.63, 3.8) is 0 Å². The summed E-state index contributed by atoms with van der Waals surface area (Å²) in [5.74, 6) is 0.290. The molecule has 0 unspecified atom stereocenters. The molecule has 0 aliphatic heterocycles. The van der Waals surface area contributed by atoms with Gasteiger partial charge in [0.25, 0.3) is 5.91 Å². The summed E-state index contributed by atoms with van der Waals surface area (Å²) < 4.78 is 26.7. The Morgan fingerprint density at radius 2 is 1.71 bits per heavy atom. The van der Waals surface area contributed by atoms with Gasteiger partial charge in [0.05, 0.1) is 22.8 Å². The Balaban J connectivity index is 1.62. The van der Waals surface area contributed by atoms with E-state index in [1.807, 2.05) is 54.9 Å². The second kappa shape index (κ2) is 9.80. The van der Waals surface area contributed by atoms with Gasteiger partial charge in [0.2, 0.25) is 15.8 Å². The molecule has 0 fully saturated rings. The minimum atomic E-state index is -3.82. The SMILES string of the molecule is Cc1cc(C)n(CCN(C)C(=O)c2nc(Cc3ccccc3)n(-c3ccc(S(N)(=O)=O)cc3)n2)n1. The molecule has 0 aliphatic rings. The largest absolute Gasteiger partial charge is 0.337 e. The lowest BCUT2D eigenvalue weighted by molar-refractivity contribution is 0.0776. The molecule has 0 aliphatic carbocycles. The second-order valence-corrected chi connectivity index (χ2v) is 9.90. The van der Waals surface area contributed by atoms with Crippen LogP contribution in [0.4, 0.5) is 0 Å². The third-order valence-corrected chi connectivity index (χ3v) is 6.51. The minimum Gasteiger partial charge on any atom is -0.337 e. The van der Waals surface area contributed by atoms with E-state index in [1.165, 1.54) is 12.1 Å². The number of amides is 1. The van der Waals surface area contributed by atoms with Crippen LogP contribution in [0.1, 0.15) is 33.4 Å². The first kappa shape index (κ1) is 24.3. The van der Waals surface area contributed by atoms with Gasteiger partial charge in [-0.3, -0.25) is 9.48 Å². The zero-order chi connectivity index (χ0) is 25.2. The first-order valence-electron chi connectivity index (χ1n) is 11.0. The third kappa shape index (κ3) is 5.64. The lowest BCUT2D eigenvalue weighted by Crippen LogP contribution is -2.31. The van der Waals surface area contributed by atoms with Gasteiger partial charge in [0.1, 0.15) is 5.82 Å². The van der Waals surface area contributed by atoms with Crippen molar-refractivity contribution < 1.29 is 13.2 Å². The molecule has 0 saturated carbocycles. The highest BCUT2D eigenvalue weighted by atomic mass is 32.2. The van der Waals surface area contributed by atoms with Gasteiger partial charge in [0.15, 0.2) is 0 Å². The van der Waals surface area contributed by atoms with Crippen LogP contribution in [0, 0.1) is 13.8 Å². The minimum absolute atomic E-state index is 0.00819. The molecule has 2 heterocycles. The van der Waals surface area contributed by atoms with E-state index in [2.05, 4.69) is 15.2 Å². The first-order chi connectivity index (χ1) is 16.6. The van der Waals surface area contributed by atoms with Crippen LogP contribution < -0.4 is 5.14 Å². The molecule has 4 aromatic rings. The smallest absolute Gasteiger partial charge is 0.293 e. The van der Waals surface area contributed by atoms with E-state index in [0.717, 1.165) is 17.0 Å². The Labute approximate surface area is 204 Å². The number of likely N-dealkylation sites (N-methyl/N-ethyl adjacent to an activating group) is 1. The van der Waals surface area contributed by atoms with E-state index in [1.54, 1.807) is 28.8 Å². The molecule has 1 amide bonds. The highest BCUT2D eigenvalue weighted by Gasteiger charge is 2.21. The second-order valence-electron chi connectivity index (χ2n) is 8.34. The van der Waals surface area contributed by atoms with Crippen LogP contribution in [0.2, 0.25) is 0 Å². The van der Waals surface area contributed by atoms with Crippen LogP contribution >= 0.6 is 0 Å². The summed E-state index contributed by atoms with van der Waals surface area (Å²) in [4.78, 5) is 19.3. The fraction of sp³-hybridized carbons (Fsp3) is 0.250. The molecule has 2 aromatic heterocycles. The van der Waals surface area contributed by atoms with Crippen molar-refractivity contribution in [2.24, 2.45) is 5.14 Å². The first-order valence-corrected chi connectivity index (χ1v) is 12.6. The third-order valence-electron chi connectivity index (χ3n) is 5.58. The molecular formula is C24H27N7O3S. The summed E-state index contributed by atoms with van der Waals surface area (Å²) in [6.07, 6.45) is 0.438. The Hall–Kier alpha value is -3.83. The van der Waals surface area contributed by atoms with Crippen LogP contribution in [-0.2, 0) is 23.0 Å². The van der Waals surface area contributed by atoms with Crippen LogP contribution in [0.25, 0.3) is 5.69 Å². The monoisotopic (exact) mass is 493 g/mol. The number of primary sulfonamides is 1. The average Bonchev–Trinajstić information content (AvgIpc) is 3.39. The van der Waals surface area contributed by atoms with Crippen molar-refractivity contribution in [1.29, 1.82) is 0 Å². The zero-order valence-electron chi connectivity index (χ0n) is 19.8. The number of hydrogen-bond donors (Lipinski definition) is 1. The van der Waals surface area contributed by atoms with Crippen molar-refractivity contribution in [2.45, 2.75) is 31.7 Å². The highest BCUT2D eigenvalue weighted by Crippen LogP contribution is 2.17. The van der Waals surface area contributed by atoms with Crippen LogP contribution in [0.15, 0.2) is 65.6 Å². The van der Waals surface area contributed by atoms with Crippen molar-refractivity contribution in [3.05, 3.63) is 89.3 Å². The summed E-state index contributed by atoms with van der Waals surface area (Å²) >= 11 is 0. The predicted octanol–water partition coefficient (Wildman–Crippen LogP) is 2.09. The fourth-order valence-electron chi connectivity index (χ4n) is 3.73. The van der Waals surface area contributed by atoms with Gasteiger partial charge in [-0.15, -0.1) is 5.10 Å². The number of carbonyl (C=O) groups is 1. The molecule has 0 saturated heterocycles. The molecule has 0 spiro atoms. The van der Waals surface area contributed by atoms with Crippen LogP contribution in [-0.4, -0.2) is 57.4 Å². The molecule has 11 heteroatoms. The van der Waals surface area contributed by atoms with Crippen molar-refractivity contribution >= 4 is 15.9 Å². The summed E-state index contributed by atoms with van der Waals surface area (Å²) in [7, 11) is -2.12. The fourth-order valence-corrected chi connectivity index (χ4v) is 4.25. The number of nitrogens with two attached hydrogens (primary N) is 1. The highest BCUT2D eigenvalue weighted by molar-refractivity contribution is 7.89. The standard InChI is InChI=1S/C24H27N7O3S/c1-17-15-18(2)30(27-17)14-13-29(3)24(32)23-26-22(16-19-7-5-4-6-8-19)31(28-23)20-9-11-21(12-10-20)35(25,33)34/h4-12,15H,13-14,16H2,1-3H3,(H2,25,33,34). The van der Waals surface area contributed by atoms with Gasteiger partial charge in [0, 0.05) is 25.7 Å². The molecule has 2 aromatic carbocycles. The lowest BCUT2D eigenvalue weighted by atomic mass is 10.1. The topological polar surface area (TPSA) is 129 Å². The van der Waals surface area contributed by atoms with Gasteiger partial charge in [-0.1, -0.05) is 30.3 Å². The number of benzene rings is 2. The van der Waals surface area contributed by atoms with E-state index in [0.29, 0.717) is 31.0 Å². The number of aromatic nitrogens is 5. The van der Waals surface area contributed by atoms with Gasteiger partial charge in [-0.25, -0.2) is 23.2 Å². The lowest BCUT2D eigenvalue weighted by Gasteiger charge is -2.15. The maximum atomic E-state index is 13.2. The van der Waals surface area contributed by atoms with E-state index < -0.39 is 10.0 Å². The van der Waals surface area contributed by atoms with Crippen molar-refractivity contribution in [1.82, 2.24) is 29.4 Å². The summed E-state index contributed by atoms with van der Waals surface area (Å²) in [5.41, 5.74) is 3.52. The van der Waals surface area contributed by atoms with Gasteiger partial charge in [-0.05, 0) is 49.7 Å². The van der Waals surface area contributed by atoms with E-state index in [4.69, 9.17) is 5.14 Å². The molecule has 0 radical (unpaired) electrons. The molecular weight excluding hydrogens is 466 g/mol. The molecule has 182 valence electrons. The molecule has 0 atom stereocenters. The maximum absolute atomic E-state index is 13.2. The molecule has 10 nitrogen and oxygen atoms in total. The van der Waals surface area contributed by atoms with Gasteiger partial charge in [-0.2, -0.15) is 5.10 Å². The number of rotatable bonds is 8. The Morgan fingerprint density at radius 1 is 1.03 bits per heavy atom. The van der Waals surface area contributed by atoms with Gasteiger partial charge < -0.3 is 4.90 Å². The van der Waals surface area contributed by atoms with E-state index >= 15 is 0 Å². The summed E-state index contributed by atoms with van der Waals surface area (Å²) in [6.45, 7) is 4.89. The number of carbonyl (C=O) groups excluding carboxylic acids is 1. The summed E-state index contributed by atoms with van der Waals surface area (Å²) in [5, 5.41) is 14.1. The average molecular weight is 494 g/mol. The van der Waals surface area contributed by atoms with Crippen LogP contribution in [0.5, 0.6) is 0 Å². The number of nitrogens with zero attached hydrogens (tertiary/aromatic N) is 6. The van der Waals surface area contributed by atoms with Gasteiger partial charge >= 0.3 is 0 Å². The molecule has 2 N–H and O–H groups in total. The van der Waals surface area contributed by atoms with Crippen molar-refractivity contribution in [3.8, 4) is 5.69 Å². The Morgan fingerprint density at radius 3 is 2.31 bits per heavy atom. The van der Waals surface area contributed by atoms with Crippen molar-refractivity contribution in [2.75, 3.05) is 13.6 Å². The van der Waals surface area contributed by atoms with E-state index in [-0.39, 0.29) is 16.6 Å². The normalized spacial score (nSPS) is 11.5. The molecule has 0 bridgehead atoms. The zero-order valence-corrected chi connectivity index (χ0v) is 20.6. The molecule has 35 heavy (non-hydrogen) atoms. The number of sulfonamides is 1. The van der Waals surface area contributed by atoms with E-state index in [9.17, 15) is 13.2 Å². The number of aryl methyl sites for hydroxylation is 2. The Kier molecular flexibility index (Phi) is 6.81.